The van der Waals surface area contributed by atoms with Crippen LogP contribution in [-0.2, 0) is 15.7 Å². The number of allylic oxidation sites excluding steroid dienone is 1. The number of rotatable bonds is 2. The van der Waals surface area contributed by atoms with Crippen LogP contribution in [0.15, 0.2) is 36.2 Å². The van der Waals surface area contributed by atoms with E-state index in [4.69, 9.17) is 4.74 Å². The number of alkyl halides is 3. The number of nitrogens with zero attached hydrogens (tertiary/aromatic N) is 2. The van der Waals surface area contributed by atoms with E-state index in [1.54, 1.807) is 0 Å². The Kier molecular flexibility index (Phi) is 4.70. The number of hydrogen-bond acceptors (Lipinski definition) is 5. The summed E-state index contributed by atoms with van der Waals surface area (Å²) in [7, 11) is 0. The van der Waals surface area contributed by atoms with Gasteiger partial charge >= 0.3 is 6.18 Å². The van der Waals surface area contributed by atoms with Crippen LogP contribution in [0.1, 0.15) is 39.4 Å². The number of carbonyl (C=O) groups excluding carboxylic acids is 1. The van der Waals surface area contributed by atoms with Crippen LogP contribution in [0, 0.1) is 49.9 Å². The van der Waals surface area contributed by atoms with E-state index in [2.05, 4.69) is 11.1 Å². The van der Waals surface area contributed by atoms with Crippen molar-refractivity contribution >= 4 is 11.4 Å². The molecule has 0 radical (unpaired) electrons. The van der Waals surface area contributed by atoms with Gasteiger partial charge in [-0.25, -0.2) is 0 Å². The molecule has 3 aliphatic rings. The zero-order chi connectivity index (χ0) is 23.8. The lowest BCUT2D eigenvalue weighted by atomic mass is 9.67. The molecular formula is C25H21F3N2O3. The Morgan fingerprint density at radius 3 is 2.27 bits per heavy atom. The number of aromatic nitrogens is 1. The van der Waals surface area contributed by atoms with Crippen LogP contribution in [0.2, 0.25) is 0 Å². The Hall–Kier alpha value is -3.18. The van der Waals surface area contributed by atoms with E-state index in [0.717, 1.165) is 29.0 Å². The van der Waals surface area contributed by atoms with Crippen molar-refractivity contribution in [3.63, 3.8) is 0 Å². The molecule has 2 fully saturated rings. The molecule has 5 rings (SSSR count). The van der Waals surface area contributed by atoms with E-state index in [1.165, 1.54) is 6.07 Å². The normalized spacial score (nSPS) is 30.6. The lowest BCUT2D eigenvalue weighted by Crippen LogP contribution is -2.39. The minimum Gasteiger partial charge on any atom is -0.511 e. The predicted octanol–water partition coefficient (Wildman–Crippen LogP) is 4.81. The maximum atomic E-state index is 13.6. The van der Waals surface area contributed by atoms with Gasteiger partial charge in [0.05, 0.1) is 41.6 Å². The highest BCUT2D eigenvalue weighted by atomic mass is 19.4. The van der Waals surface area contributed by atoms with Gasteiger partial charge in [0.1, 0.15) is 11.5 Å². The van der Waals surface area contributed by atoms with Gasteiger partial charge in [0.15, 0.2) is 5.78 Å². The lowest BCUT2D eigenvalue weighted by Gasteiger charge is -2.31. The standard InChI is InChI=1S/C25H21F3N2O3/c1-10-6-11(2)16(12(3)7-10)18-21(31)19-20(22(18)32)24-17(14(8-29)23(19)33-24)13-4-5-15(30-9-13)25(26,27)28/h4-7,9,14,17,19-20,23-24,31H,1-3H3/t14-,17+,19-,20+,23-,24+/m0/s1. The third-order valence-corrected chi connectivity index (χ3v) is 7.16. The van der Waals surface area contributed by atoms with E-state index in [9.17, 15) is 28.3 Å². The predicted molar refractivity (Wildman–Crippen MR) is 112 cm³/mol. The Bertz CT molecular complexity index is 1220. The molecule has 2 bridgehead atoms. The molecular weight excluding hydrogens is 433 g/mol. The van der Waals surface area contributed by atoms with Crippen LogP contribution < -0.4 is 0 Å². The fourth-order valence-corrected chi connectivity index (χ4v) is 6.03. The minimum atomic E-state index is -4.57. The summed E-state index contributed by atoms with van der Waals surface area (Å²) in [6, 6.07) is 8.27. The summed E-state index contributed by atoms with van der Waals surface area (Å²) in [5.41, 5.74) is 3.14. The summed E-state index contributed by atoms with van der Waals surface area (Å²) in [5.74, 6) is -2.96. The zero-order valence-corrected chi connectivity index (χ0v) is 18.1. The summed E-state index contributed by atoms with van der Waals surface area (Å²) in [5, 5.41) is 21.0. The van der Waals surface area contributed by atoms with Crippen molar-refractivity contribution in [2.75, 3.05) is 0 Å². The fraction of sp³-hybridized carbons (Fsp3) is 0.400. The largest absolute Gasteiger partial charge is 0.511 e. The lowest BCUT2D eigenvalue weighted by molar-refractivity contribution is -0.141. The van der Waals surface area contributed by atoms with E-state index >= 15 is 0 Å². The van der Waals surface area contributed by atoms with Gasteiger partial charge in [-0.05, 0) is 49.1 Å². The number of ketones is 1. The number of carbonyl (C=O) groups is 1. The summed E-state index contributed by atoms with van der Waals surface area (Å²) < 4.78 is 44.8. The van der Waals surface area contributed by atoms with E-state index < -0.39 is 47.7 Å². The molecule has 0 amide bonds. The second-order valence-corrected chi connectivity index (χ2v) is 9.17. The number of hydrogen-bond donors (Lipinski definition) is 1. The molecule has 2 aliphatic heterocycles. The zero-order valence-electron chi connectivity index (χ0n) is 18.1. The average Bonchev–Trinajstić information content (AvgIpc) is 3.37. The van der Waals surface area contributed by atoms with Crippen molar-refractivity contribution in [1.82, 2.24) is 4.98 Å². The highest BCUT2D eigenvalue weighted by molar-refractivity contribution is 6.26. The number of Topliss-reactive ketones (excluding diaryl/α,β-unsaturated/α-hetero) is 1. The molecule has 170 valence electrons. The first-order valence-electron chi connectivity index (χ1n) is 10.7. The number of halogens is 3. The maximum absolute atomic E-state index is 13.6. The average molecular weight is 454 g/mol. The number of benzene rings is 1. The number of aliphatic hydroxyl groups excluding tert-OH is 1. The third kappa shape index (κ3) is 3.02. The van der Waals surface area contributed by atoms with Crippen LogP contribution in [0.5, 0.6) is 0 Å². The number of fused-ring (bicyclic) bond motifs is 5. The van der Waals surface area contributed by atoms with Gasteiger partial charge in [0.25, 0.3) is 0 Å². The van der Waals surface area contributed by atoms with Crippen LogP contribution >= 0.6 is 0 Å². The van der Waals surface area contributed by atoms with Gasteiger partial charge in [0.2, 0.25) is 0 Å². The van der Waals surface area contributed by atoms with Crippen LogP contribution in [0.3, 0.4) is 0 Å². The number of nitriles is 1. The molecule has 2 aromatic rings. The summed E-state index contributed by atoms with van der Waals surface area (Å²) >= 11 is 0. The molecule has 2 saturated heterocycles. The first-order valence-corrected chi connectivity index (χ1v) is 10.7. The molecule has 1 aromatic carbocycles. The van der Waals surface area contributed by atoms with Gasteiger partial charge in [-0.15, -0.1) is 0 Å². The van der Waals surface area contributed by atoms with Gasteiger partial charge in [0, 0.05) is 12.1 Å². The monoisotopic (exact) mass is 454 g/mol. The summed E-state index contributed by atoms with van der Waals surface area (Å²) in [4.78, 5) is 17.1. The molecule has 3 heterocycles. The Balaban J connectivity index is 1.55. The third-order valence-electron chi connectivity index (χ3n) is 7.16. The topological polar surface area (TPSA) is 83.2 Å². The second kappa shape index (κ2) is 7.16. The molecule has 1 aromatic heterocycles. The molecule has 0 unspecified atom stereocenters. The number of aryl methyl sites for hydroxylation is 3. The van der Waals surface area contributed by atoms with Gasteiger partial charge in [-0.3, -0.25) is 9.78 Å². The Morgan fingerprint density at radius 1 is 1.06 bits per heavy atom. The Morgan fingerprint density at radius 2 is 1.73 bits per heavy atom. The van der Waals surface area contributed by atoms with Gasteiger partial charge in [-0.2, -0.15) is 18.4 Å². The minimum absolute atomic E-state index is 0.0585. The van der Waals surface area contributed by atoms with Crippen LogP contribution in [-0.4, -0.2) is 28.1 Å². The molecule has 0 saturated carbocycles. The SMILES string of the molecule is Cc1cc(C)c(C2=C(O)[C@H]3[C@H]4O[C@@H]([C@H]3C2=O)[C@H](c2ccc(C(F)(F)F)nc2)[C@@H]4C#N)c(C)c1. The second-order valence-electron chi connectivity index (χ2n) is 9.17. The van der Waals surface area contributed by atoms with E-state index in [-0.39, 0.29) is 17.1 Å². The molecule has 8 heteroatoms. The first kappa shape index (κ1) is 21.7. The van der Waals surface area contributed by atoms with Gasteiger partial charge < -0.3 is 9.84 Å². The molecule has 6 atom stereocenters. The molecule has 1 aliphatic carbocycles. The van der Waals surface area contributed by atoms with E-state index in [0.29, 0.717) is 11.1 Å². The van der Waals surface area contributed by atoms with Crippen molar-refractivity contribution in [3.05, 3.63) is 69.7 Å². The highest BCUT2D eigenvalue weighted by Crippen LogP contribution is 2.60. The van der Waals surface area contributed by atoms with E-state index in [1.807, 2.05) is 32.9 Å². The van der Waals surface area contributed by atoms with Crippen molar-refractivity contribution in [2.45, 2.75) is 45.1 Å². The smallest absolute Gasteiger partial charge is 0.433 e. The van der Waals surface area contributed by atoms with Crippen LogP contribution in [0.4, 0.5) is 13.2 Å². The van der Waals surface area contributed by atoms with Crippen molar-refractivity contribution in [2.24, 2.45) is 17.8 Å². The molecule has 1 N–H and O–H groups in total. The van der Waals surface area contributed by atoms with Crippen molar-refractivity contribution in [3.8, 4) is 6.07 Å². The number of ether oxygens (including phenoxy) is 1. The molecule has 33 heavy (non-hydrogen) atoms. The highest BCUT2D eigenvalue weighted by Gasteiger charge is 2.67. The number of pyridine rings is 1. The summed E-state index contributed by atoms with van der Waals surface area (Å²) in [6.45, 7) is 5.73. The van der Waals surface area contributed by atoms with Crippen molar-refractivity contribution in [1.29, 1.82) is 5.26 Å². The first-order chi connectivity index (χ1) is 15.5. The quantitative estimate of drug-likeness (QED) is 0.704. The van der Waals surface area contributed by atoms with Gasteiger partial charge in [-0.1, -0.05) is 23.8 Å². The molecule has 0 spiro atoms. The molecule has 5 nitrogen and oxygen atoms in total. The maximum Gasteiger partial charge on any atom is 0.433 e. The Labute approximate surface area is 188 Å². The number of aliphatic hydroxyl groups is 1. The van der Waals surface area contributed by atoms with Crippen LogP contribution in [0.25, 0.3) is 5.57 Å². The fourth-order valence-electron chi connectivity index (χ4n) is 6.03. The van der Waals surface area contributed by atoms with Crippen molar-refractivity contribution < 1.29 is 27.8 Å². The summed E-state index contributed by atoms with van der Waals surface area (Å²) in [6.07, 6.45) is -4.90.